The molecule has 1 fully saturated rings. The lowest BCUT2D eigenvalue weighted by Gasteiger charge is -2.28. The van der Waals surface area contributed by atoms with Crippen LogP contribution in [0.1, 0.15) is 28.4 Å². The summed E-state index contributed by atoms with van der Waals surface area (Å²) >= 11 is 0. The molecule has 0 aromatic heterocycles. The summed E-state index contributed by atoms with van der Waals surface area (Å²) in [6.45, 7) is 7.81. The maximum atomic E-state index is 10.3. The average molecular weight is 236 g/mol. The van der Waals surface area contributed by atoms with E-state index in [1.807, 2.05) is 13.0 Å². The molecule has 17 heavy (non-hydrogen) atoms. The maximum absolute atomic E-state index is 10.3. The van der Waals surface area contributed by atoms with Crippen molar-refractivity contribution in [2.24, 2.45) is 0 Å². The standard InChI is InChI=1S/C14H20O3/c1-9-6-11(3)12(7-10(9)2)14(15)13-8-16-4-5-17-13/h6-7,13-15H,4-5,8H2,1-3H3. The van der Waals surface area contributed by atoms with Crippen LogP contribution in [0.5, 0.6) is 0 Å². The minimum atomic E-state index is -0.602. The summed E-state index contributed by atoms with van der Waals surface area (Å²) in [6, 6.07) is 4.16. The van der Waals surface area contributed by atoms with Crippen LogP contribution in [0.2, 0.25) is 0 Å². The molecule has 3 heteroatoms. The Bertz CT molecular complexity index is 395. The van der Waals surface area contributed by atoms with E-state index in [1.165, 1.54) is 11.1 Å². The lowest BCUT2D eigenvalue weighted by Crippen LogP contribution is -2.34. The van der Waals surface area contributed by atoms with E-state index in [0.29, 0.717) is 19.8 Å². The molecular formula is C14H20O3. The number of rotatable bonds is 2. The number of aryl methyl sites for hydroxylation is 3. The molecule has 1 aromatic rings. The molecule has 2 atom stereocenters. The Balaban J connectivity index is 2.23. The third-order valence-corrected chi connectivity index (χ3v) is 3.39. The Morgan fingerprint density at radius 1 is 1.12 bits per heavy atom. The third kappa shape index (κ3) is 2.68. The number of benzene rings is 1. The fourth-order valence-electron chi connectivity index (χ4n) is 2.19. The highest BCUT2D eigenvalue weighted by atomic mass is 16.6. The second-order valence-electron chi connectivity index (χ2n) is 4.72. The molecule has 1 N–H and O–H groups in total. The van der Waals surface area contributed by atoms with Gasteiger partial charge in [-0.05, 0) is 43.0 Å². The largest absolute Gasteiger partial charge is 0.386 e. The van der Waals surface area contributed by atoms with Crippen LogP contribution in [0.3, 0.4) is 0 Å². The van der Waals surface area contributed by atoms with Gasteiger partial charge in [-0.25, -0.2) is 0 Å². The molecule has 2 unspecified atom stereocenters. The molecule has 1 aliphatic rings. The average Bonchev–Trinajstić information content (AvgIpc) is 2.34. The Hall–Kier alpha value is -0.900. The van der Waals surface area contributed by atoms with E-state index >= 15 is 0 Å². The van der Waals surface area contributed by atoms with Crippen LogP contribution in [0, 0.1) is 20.8 Å². The van der Waals surface area contributed by atoms with Crippen molar-refractivity contribution in [3.05, 3.63) is 34.4 Å². The third-order valence-electron chi connectivity index (χ3n) is 3.39. The molecule has 3 nitrogen and oxygen atoms in total. The molecule has 0 bridgehead atoms. The van der Waals surface area contributed by atoms with Crippen LogP contribution in [0.4, 0.5) is 0 Å². The van der Waals surface area contributed by atoms with Crippen molar-refractivity contribution < 1.29 is 14.6 Å². The smallest absolute Gasteiger partial charge is 0.111 e. The number of ether oxygens (including phenoxy) is 2. The van der Waals surface area contributed by atoms with Gasteiger partial charge in [0, 0.05) is 0 Å². The molecule has 0 radical (unpaired) electrons. The van der Waals surface area contributed by atoms with E-state index in [2.05, 4.69) is 19.9 Å². The lowest BCUT2D eigenvalue weighted by atomic mass is 9.95. The van der Waals surface area contributed by atoms with E-state index in [0.717, 1.165) is 11.1 Å². The highest BCUT2D eigenvalue weighted by Gasteiger charge is 2.25. The van der Waals surface area contributed by atoms with Gasteiger partial charge in [0.05, 0.1) is 19.8 Å². The van der Waals surface area contributed by atoms with Crippen LogP contribution in [0.15, 0.2) is 12.1 Å². The number of aliphatic hydroxyl groups excluding tert-OH is 1. The molecule has 1 aromatic carbocycles. The fourth-order valence-corrected chi connectivity index (χ4v) is 2.19. The fraction of sp³-hybridized carbons (Fsp3) is 0.571. The first-order valence-corrected chi connectivity index (χ1v) is 6.04. The molecule has 1 aliphatic heterocycles. The summed E-state index contributed by atoms with van der Waals surface area (Å²) in [4.78, 5) is 0. The molecule has 94 valence electrons. The summed E-state index contributed by atoms with van der Waals surface area (Å²) in [5.41, 5.74) is 4.50. The first kappa shape index (κ1) is 12.6. The number of hydrogen-bond donors (Lipinski definition) is 1. The zero-order valence-electron chi connectivity index (χ0n) is 10.7. The van der Waals surface area contributed by atoms with Crippen LogP contribution in [0.25, 0.3) is 0 Å². The highest BCUT2D eigenvalue weighted by molar-refractivity contribution is 5.38. The van der Waals surface area contributed by atoms with Crippen molar-refractivity contribution >= 4 is 0 Å². The predicted molar refractivity (Wildman–Crippen MR) is 66.2 cm³/mol. The van der Waals surface area contributed by atoms with E-state index in [4.69, 9.17) is 9.47 Å². The summed E-state index contributed by atoms with van der Waals surface area (Å²) in [5.74, 6) is 0. The topological polar surface area (TPSA) is 38.7 Å². The van der Waals surface area contributed by atoms with Gasteiger partial charge in [-0.2, -0.15) is 0 Å². The van der Waals surface area contributed by atoms with Gasteiger partial charge in [0.2, 0.25) is 0 Å². The minimum absolute atomic E-state index is 0.246. The van der Waals surface area contributed by atoms with Crippen LogP contribution >= 0.6 is 0 Å². The van der Waals surface area contributed by atoms with Crippen LogP contribution in [-0.2, 0) is 9.47 Å². The first-order valence-electron chi connectivity index (χ1n) is 6.04. The van der Waals surface area contributed by atoms with Crippen molar-refractivity contribution in [1.29, 1.82) is 0 Å². The molecular weight excluding hydrogens is 216 g/mol. The van der Waals surface area contributed by atoms with Crippen LogP contribution in [-0.4, -0.2) is 31.0 Å². The Morgan fingerprint density at radius 3 is 2.47 bits per heavy atom. The minimum Gasteiger partial charge on any atom is -0.386 e. The summed E-state index contributed by atoms with van der Waals surface area (Å²) < 4.78 is 10.9. The number of hydrogen-bond acceptors (Lipinski definition) is 3. The van der Waals surface area contributed by atoms with Crippen molar-refractivity contribution in [1.82, 2.24) is 0 Å². The van der Waals surface area contributed by atoms with Gasteiger partial charge in [-0.1, -0.05) is 12.1 Å². The van der Waals surface area contributed by atoms with Crippen molar-refractivity contribution in [2.75, 3.05) is 19.8 Å². The van der Waals surface area contributed by atoms with Gasteiger partial charge >= 0.3 is 0 Å². The Labute approximate surface area is 102 Å². The van der Waals surface area contributed by atoms with Gasteiger partial charge in [0.1, 0.15) is 12.2 Å². The zero-order chi connectivity index (χ0) is 12.4. The normalized spacial score (nSPS) is 22.5. The van der Waals surface area contributed by atoms with E-state index in [9.17, 15) is 5.11 Å². The molecule has 0 spiro atoms. The van der Waals surface area contributed by atoms with Gasteiger partial charge < -0.3 is 14.6 Å². The second kappa shape index (κ2) is 5.17. The van der Waals surface area contributed by atoms with Gasteiger partial charge in [0.25, 0.3) is 0 Å². The quantitative estimate of drug-likeness (QED) is 0.854. The molecule has 1 saturated heterocycles. The lowest BCUT2D eigenvalue weighted by molar-refractivity contribution is -0.133. The molecule has 0 amide bonds. The van der Waals surface area contributed by atoms with E-state index < -0.39 is 6.10 Å². The summed E-state index contributed by atoms with van der Waals surface area (Å²) in [6.07, 6.45) is -0.848. The predicted octanol–water partition coefficient (Wildman–Crippen LogP) is 2.06. The van der Waals surface area contributed by atoms with Crippen molar-refractivity contribution in [3.63, 3.8) is 0 Å². The van der Waals surface area contributed by atoms with Gasteiger partial charge in [-0.3, -0.25) is 0 Å². The number of aliphatic hydroxyl groups is 1. The zero-order valence-corrected chi connectivity index (χ0v) is 10.7. The van der Waals surface area contributed by atoms with Gasteiger partial charge in [0.15, 0.2) is 0 Å². The summed E-state index contributed by atoms with van der Waals surface area (Å²) in [7, 11) is 0. The molecule has 2 rings (SSSR count). The highest BCUT2D eigenvalue weighted by Crippen LogP contribution is 2.26. The molecule has 0 aliphatic carbocycles. The molecule has 0 saturated carbocycles. The van der Waals surface area contributed by atoms with Crippen LogP contribution < -0.4 is 0 Å². The Kier molecular flexibility index (Phi) is 3.82. The van der Waals surface area contributed by atoms with Crippen molar-refractivity contribution in [2.45, 2.75) is 33.0 Å². The van der Waals surface area contributed by atoms with E-state index in [-0.39, 0.29) is 6.10 Å². The SMILES string of the molecule is Cc1cc(C)c(C(O)C2COCCO2)cc1C. The molecule has 1 heterocycles. The van der Waals surface area contributed by atoms with Crippen molar-refractivity contribution in [3.8, 4) is 0 Å². The van der Waals surface area contributed by atoms with E-state index in [1.54, 1.807) is 0 Å². The summed E-state index contributed by atoms with van der Waals surface area (Å²) in [5, 5.41) is 10.3. The van der Waals surface area contributed by atoms with Gasteiger partial charge in [-0.15, -0.1) is 0 Å². The monoisotopic (exact) mass is 236 g/mol. The second-order valence-corrected chi connectivity index (χ2v) is 4.72. The Morgan fingerprint density at radius 2 is 1.82 bits per heavy atom. The first-order chi connectivity index (χ1) is 8.09. The maximum Gasteiger partial charge on any atom is 0.111 e.